The molecule has 0 saturated heterocycles. The lowest BCUT2D eigenvalue weighted by Crippen LogP contribution is -2.42. The number of ether oxygens (including phenoxy) is 1. The summed E-state index contributed by atoms with van der Waals surface area (Å²) in [6.45, 7) is 6.44. The van der Waals surface area contributed by atoms with E-state index in [4.69, 9.17) is 4.74 Å². The molecule has 1 aliphatic heterocycles. The number of rotatable bonds is 4. The number of nitrogens with zero attached hydrogens (tertiary/aromatic N) is 1. The molecule has 2 aliphatic rings. The summed E-state index contributed by atoms with van der Waals surface area (Å²) in [6.07, 6.45) is 4.64. The van der Waals surface area contributed by atoms with Crippen molar-refractivity contribution in [3.8, 4) is 5.75 Å². The number of fused-ring (bicyclic) bond motifs is 1. The van der Waals surface area contributed by atoms with E-state index < -0.39 is 6.10 Å². The molecule has 0 bridgehead atoms. The minimum Gasteiger partial charge on any atom is -0.481 e. The van der Waals surface area contributed by atoms with Gasteiger partial charge in [0.25, 0.3) is 5.91 Å². The lowest BCUT2D eigenvalue weighted by Gasteiger charge is -2.28. The fourth-order valence-electron chi connectivity index (χ4n) is 3.66. The highest BCUT2D eigenvalue weighted by atomic mass is 16.5. The van der Waals surface area contributed by atoms with Crippen LogP contribution >= 0.6 is 0 Å². The summed E-state index contributed by atoms with van der Waals surface area (Å²) < 4.78 is 5.85. The van der Waals surface area contributed by atoms with Gasteiger partial charge in [0.2, 0.25) is 5.91 Å². The SMILES string of the molecule is CCC(C)N1Cc2cc(NC(=O)C3CCCC3)ccc2OC(C)C1=O. The van der Waals surface area contributed by atoms with Gasteiger partial charge in [0.15, 0.2) is 6.10 Å². The number of hydrogen-bond donors (Lipinski definition) is 1. The molecule has 0 radical (unpaired) electrons. The van der Waals surface area contributed by atoms with Crippen molar-refractivity contribution >= 4 is 17.5 Å². The van der Waals surface area contributed by atoms with Crippen LogP contribution < -0.4 is 10.1 Å². The molecule has 1 aromatic carbocycles. The predicted molar refractivity (Wildman–Crippen MR) is 97.4 cm³/mol. The number of nitrogens with one attached hydrogen (secondary N) is 1. The Bertz CT molecular complexity index is 652. The molecule has 136 valence electrons. The molecule has 1 aromatic rings. The van der Waals surface area contributed by atoms with E-state index in [1.807, 2.05) is 23.1 Å². The second-order valence-electron chi connectivity index (χ2n) is 7.28. The van der Waals surface area contributed by atoms with Gasteiger partial charge in [-0.15, -0.1) is 0 Å². The van der Waals surface area contributed by atoms with Crippen LogP contribution in [0.15, 0.2) is 18.2 Å². The largest absolute Gasteiger partial charge is 0.481 e. The summed E-state index contributed by atoms with van der Waals surface area (Å²) in [5.74, 6) is 0.982. The van der Waals surface area contributed by atoms with Gasteiger partial charge in [0.1, 0.15) is 5.75 Å². The van der Waals surface area contributed by atoms with E-state index >= 15 is 0 Å². The van der Waals surface area contributed by atoms with Crippen molar-refractivity contribution in [2.24, 2.45) is 5.92 Å². The normalized spacial score (nSPS) is 22.1. The van der Waals surface area contributed by atoms with Crippen LogP contribution in [0.5, 0.6) is 5.75 Å². The second-order valence-corrected chi connectivity index (χ2v) is 7.28. The Balaban J connectivity index is 1.81. The molecule has 5 nitrogen and oxygen atoms in total. The zero-order chi connectivity index (χ0) is 18.0. The molecule has 2 atom stereocenters. The highest BCUT2D eigenvalue weighted by molar-refractivity contribution is 5.93. The van der Waals surface area contributed by atoms with Crippen LogP contribution in [0.25, 0.3) is 0 Å². The van der Waals surface area contributed by atoms with Gasteiger partial charge < -0.3 is 15.0 Å². The highest BCUT2D eigenvalue weighted by Crippen LogP contribution is 2.31. The fraction of sp³-hybridized carbons (Fsp3) is 0.600. The fourth-order valence-corrected chi connectivity index (χ4v) is 3.66. The van der Waals surface area contributed by atoms with E-state index in [0.717, 1.165) is 49.1 Å². The predicted octanol–water partition coefficient (Wildman–Crippen LogP) is 3.72. The number of carbonyl (C=O) groups is 2. The quantitative estimate of drug-likeness (QED) is 0.905. The summed E-state index contributed by atoms with van der Waals surface area (Å²) in [5.41, 5.74) is 1.73. The number of anilines is 1. The van der Waals surface area contributed by atoms with E-state index in [2.05, 4.69) is 19.2 Å². The first-order valence-corrected chi connectivity index (χ1v) is 9.40. The van der Waals surface area contributed by atoms with Crippen molar-refractivity contribution in [1.82, 2.24) is 4.90 Å². The Kier molecular flexibility index (Phi) is 5.30. The molecule has 0 aromatic heterocycles. The average Bonchev–Trinajstić information content (AvgIpc) is 3.11. The Morgan fingerprint density at radius 3 is 2.76 bits per heavy atom. The van der Waals surface area contributed by atoms with E-state index in [9.17, 15) is 9.59 Å². The lowest BCUT2D eigenvalue weighted by molar-refractivity contribution is -0.139. The Morgan fingerprint density at radius 2 is 2.08 bits per heavy atom. The minimum absolute atomic E-state index is 0.0158. The topological polar surface area (TPSA) is 58.6 Å². The Morgan fingerprint density at radius 1 is 1.36 bits per heavy atom. The number of hydrogen-bond acceptors (Lipinski definition) is 3. The smallest absolute Gasteiger partial charge is 0.263 e. The summed E-state index contributed by atoms with van der Waals surface area (Å²) in [7, 11) is 0. The molecule has 2 unspecified atom stereocenters. The molecule has 1 aliphatic carbocycles. The van der Waals surface area contributed by atoms with E-state index in [0.29, 0.717) is 6.54 Å². The van der Waals surface area contributed by atoms with Crippen LogP contribution in [0.4, 0.5) is 5.69 Å². The first kappa shape index (κ1) is 17.8. The van der Waals surface area contributed by atoms with Crippen LogP contribution in [0.1, 0.15) is 58.4 Å². The first-order chi connectivity index (χ1) is 12.0. The number of amides is 2. The van der Waals surface area contributed by atoms with Crippen molar-refractivity contribution in [3.63, 3.8) is 0 Å². The zero-order valence-corrected chi connectivity index (χ0v) is 15.4. The highest BCUT2D eigenvalue weighted by Gasteiger charge is 2.30. The molecule has 2 amide bonds. The van der Waals surface area contributed by atoms with Crippen LogP contribution in [0.2, 0.25) is 0 Å². The molecule has 1 heterocycles. The van der Waals surface area contributed by atoms with Crippen molar-refractivity contribution in [2.75, 3.05) is 5.32 Å². The Hall–Kier alpha value is -2.04. The monoisotopic (exact) mass is 344 g/mol. The van der Waals surface area contributed by atoms with Crippen LogP contribution in [0.3, 0.4) is 0 Å². The molecule has 5 heteroatoms. The van der Waals surface area contributed by atoms with Gasteiger partial charge in [-0.25, -0.2) is 0 Å². The molecule has 1 saturated carbocycles. The molecule has 3 rings (SSSR count). The second kappa shape index (κ2) is 7.46. The molecule has 25 heavy (non-hydrogen) atoms. The van der Waals surface area contributed by atoms with Crippen molar-refractivity contribution in [1.29, 1.82) is 0 Å². The van der Waals surface area contributed by atoms with E-state index in [1.165, 1.54) is 0 Å². The van der Waals surface area contributed by atoms with Gasteiger partial charge in [-0.2, -0.15) is 0 Å². The van der Waals surface area contributed by atoms with Crippen LogP contribution in [0, 0.1) is 5.92 Å². The maximum Gasteiger partial charge on any atom is 0.263 e. The standard InChI is InChI=1S/C20H28N2O3/c1-4-13(2)22-12-16-11-17(21-19(23)15-7-5-6-8-15)9-10-18(16)25-14(3)20(22)24/h9-11,13-15H,4-8,12H2,1-3H3,(H,21,23). The summed E-state index contributed by atoms with van der Waals surface area (Å²) in [4.78, 5) is 26.8. The van der Waals surface area contributed by atoms with Crippen molar-refractivity contribution in [2.45, 2.75) is 71.6 Å². The van der Waals surface area contributed by atoms with Gasteiger partial charge in [-0.3, -0.25) is 9.59 Å². The van der Waals surface area contributed by atoms with Gasteiger partial charge in [-0.1, -0.05) is 19.8 Å². The van der Waals surface area contributed by atoms with Gasteiger partial charge in [-0.05, 0) is 51.3 Å². The molecular formula is C20H28N2O3. The maximum absolute atomic E-state index is 12.6. The third-order valence-corrected chi connectivity index (χ3v) is 5.45. The van der Waals surface area contributed by atoms with E-state index in [-0.39, 0.29) is 23.8 Å². The van der Waals surface area contributed by atoms with Crippen molar-refractivity contribution < 1.29 is 14.3 Å². The van der Waals surface area contributed by atoms with E-state index in [1.54, 1.807) is 6.92 Å². The lowest BCUT2D eigenvalue weighted by atomic mass is 10.1. The zero-order valence-electron chi connectivity index (χ0n) is 15.4. The van der Waals surface area contributed by atoms with Crippen LogP contribution in [-0.2, 0) is 16.1 Å². The molecule has 1 fully saturated rings. The first-order valence-electron chi connectivity index (χ1n) is 9.40. The third-order valence-electron chi connectivity index (χ3n) is 5.45. The summed E-state index contributed by atoms with van der Waals surface area (Å²) in [5, 5.41) is 3.04. The maximum atomic E-state index is 12.6. The van der Waals surface area contributed by atoms with Gasteiger partial charge >= 0.3 is 0 Å². The van der Waals surface area contributed by atoms with Gasteiger partial charge in [0, 0.05) is 29.8 Å². The van der Waals surface area contributed by atoms with Crippen molar-refractivity contribution in [3.05, 3.63) is 23.8 Å². The summed E-state index contributed by atoms with van der Waals surface area (Å²) in [6, 6.07) is 5.83. The molecule has 0 spiro atoms. The average molecular weight is 344 g/mol. The third kappa shape index (κ3) is 3.80. The van der Waals surface area contributed by atoms with Gasteiger partial charge in [0.05, 0.1) is 0 Å². The number of benzene rings is 1. The molecular weight excluding hydrogens is 316 g/mol. The Labute approximate surface area is 149 Å². The minimum atomic E-state index is -0.492. The summed E-state index contributed by atoms with van der Waals surface area (Å²) >= 11 is 0. The van der Waals surface area contributed by atoms with Crippen LogP contribution in [-0.4, -0.2) is 28.9 Å². The number of carbonyl (C=O) groups excluding carboxylic acids is 2. The molecule has 1 N–H and O–H groups in total.